The van der Waals surface area contributed by atoms with Crippen molar-refractivity contribution in [3.63, 3.8) is 0 Å². The van der Waals surface area contributed by atoms with Crippen LogP contribution in [-0.2, 0) is 11.8 Å². The highest BCUT2D eigenvalue weighted by Crippen LogP contribution is 2.21. The van der Waals surface area contributed by atoms with Crippen LogP contribution in [0.3, 0.4) is 0 Å². The summed E-state index contributed by atoms with van der Waals surface area (Å²) in [5.41, 5.74) is 1.47. The van der Waals surface area contributed by atoms with Gasteiger partial charge in [0.25, 0.3) is 5.91 Å². The Kier molecular flexibility index (Phi) is 4.49. The third kappa shape index (κ3) is 3.77. The van der Waals surface area contributed by atoms with Crippen LogP contribution in [0.25, 0.3) is 22.2 Å². The van der Waals surface area contributed by atoms with Crippen molar-refractivity contribution in [2.75, 3.05) is 11.9 Å². The van der Waals surface area contributed by atoms with Crippen LogP contribution in [0.1, 0.15) is 0 Å². The van der Waals surface area contributed by atoms with Gasteiger partial charge < -0.3 is 10.1 Å². The Morgan fingerprint density at radius 3 is 2.70 bits per heavy atom. The number of aromatic nitrogens is 4. The van der Waals surface area contributed by atoms with E-state index in [2.05, 4.69) is 20.8 Å². The van der Waals surface area contributed by atoms with Crippen molar-refractivity contribution in [3.05, 3.63) is 66.7 Å². The number of carbonyl (C=O) groups is 1. The van der Waals surface area contributed by atoms with Gasteiger partial charge in [0.1, 0.15) is 5.75 Å². The average Bonchev–Trinajstić information content (AvgIpc) is 3.12. The Labute approximate surface area is 155 Å². The molecule has 0 unspecified atom stereocenters. The summed E-state index contributed by atoms with van der Waals surface area (Å²) in [6.07, 6.45) is 0. The molecule has 3 aromatic carbocycles. The maximum absolute atomic E-state index is 12.2. The van der Waals surface area contributed by atoms with Crippen LogP contribution in [0.5, 0.6) is 5.75 Å². The molecule has 0 fully saturated rings. The number of aryl methyl sites for hydroxylation is 1. The Balaban J connectivity index is 1.41. The van der Waals surface area contributed by atoms with Gasteiger partial charge >= 0.3 is 0 Å². The largest absolute Gasteiger partial charge is 0.484 e. The second-order valence-electron chi connectivity index (χ2n) is 6.05. The van der Waals surface area contributed by atoms with Crippen LogP contribution in [0.4, 0.5) is 5.69 Å². The van der Waals surface area contributed by atoms with Crippen molar-refractivity contribution in [2.24, 2.45) is 7.05 Å². The van der Waals surface area contributed by atoms with Crippen molar-refractivity contribution < 1.29 is 9.53 Å². The monoisotopic (exact) mass is 359 g/mol. The normalized spacial score (nSPS) is 10.7. The first-order valence-corrected chi connectivity index (χ1v) is 8.43. The number of nitrogens with zero attached hydrogens (tertiary/aromatic N) is 4. The van der Waals surface area contributed by atoms with Crippen molar-refractivity contribution in [2.45, 2.75) is 0 Å². The van der Waals surface area contributed by atoms with Crippen LogP contribution in [0.15, 0.2) is 66.7 Å². The van der Waals surface area contributed by atoms with Gasteiger partial charge in [-0.1, -0.05) is 42.5 Å². The number of hydrogen-bond donors (Lipinski definition) is 1. The van der Waals surface area contributed by atoms with Gasteiger partial charge in [-0.15, -0.1) is 5.10 Å². The second kappa shape index (κ2) is 7.25. The first-order valence-electron chi connectivity index (χ1n) is 8.43. The molecular weight excluding hydrogens is 342 g/mol. The van der Waals surface area contributed by atoms with E-state index in [1.54, 1.807) is 17.8 Å². The molecule has 0 bridgehead atoms. The lowest BCUT2D eigenvalue weighted by molar-refractivity contribution is -0.118. The highest BCUT2D eigenvalue weighted by molar-refractivity contribution is 5.92. The van der Waals surface area contributed by atoms with E-state index in [1.807, 2.05) is 60.7 Å². The molecule has 0 aliphatic carbocycles. The van der Waals surface area contributed by atoms with Crippen LogP contribution in [-0.4, -0.2) is 32.7 Å². The van der Waals surface area contributed by atoms with E-state index in [9.17, 15) is 4.79 Å². The van der Waals surface area contributed by atoms with E-state index < -0.39 is 0 Å². The van der Waals surface area contributed by atoms with E-state index in [4.69, 9.17) is 4.74 Å². The fourth-order valence-electron chi connectivity index (χ4n) is 2.81. The summed E-state index contributed by atoms with van der Waals surface area (Å²) in [5.74, 6) is 1.04. The number of ether oxygens (including phenoxy) is 1. The number of rotatable bonds is 5. The number of nitrogens with one attached hydrogen (secondary N) is 1. The van der Waals surface area contributed by atoms with Crippen molar-refractivity contribution >= 4 is 22.4 Å². The third-order valence-electron chi connectivity index (χ3n) is 4.12. The van der Waals surface area contributed by atoms with E-state index in [1.165, 1.54) is 0 Å². The Bertz CT molecular complexity index is 1110. The summed E-state index contributed by atoms with van der Waals surface area (Å²) in [6.45, 7) is -0.0753. The molecule has 0 saturated carbocycles. The number of anilines is 1. The molecule has 134 valence electrons. The lowest BCUT2D eigenvalue weighted by atomic mass is 10.1. The fraction of sp³-hybridized carbons (Fsp3) is 0.100. The summed E-state index contributed by atoms with van der Waals surface area (Å²) in [4.78, 5) is 12.2. The zero-order valence-electron chi connectivity index (χ0n) is 14.7. The van der Waals surface area contributed by atoms with E-state index in [0.717, 1.165) is 16.3 Å². The maximum atomic E-state index is 12.2. The van der Waals surface area contributed by atoms with Crippen LogP contribution >= 0.6 is 0 Å². The first kappa shape index (κ1) is 16.7. The number of hydrogen-bond acceptors (Lipinski definition) is 5. The number of fused-ring (bicyclic) bond motifs is 1. The predicted molar refractivity (Wildman–Crippen MR) is 102 cm³/mol. The van der Waals surface area contributed by atoms with Gasteiger partial charge in [0.05, 0.1) is 0 Å². The first-order chi connectivity index (χ1) is 13.2. The van der Waals surface area contributed by atoms with Gasteiger partial charge in [-0.25, -0.2) is 4.68 Å². The lowest BCUT2D eigenvalue weighted by Crippen LogP contribution is -2.20. The topological polar surface area (TPSA) is 81.9 Å². The molecule has 4 aromatic rings. The van der Waals surface area contributed by atoms with E-state index >= 15 is 0 Å². The average molecular weight is 359 g/mol. The fourth-order valence-corrected chi connectivity index (χ4v) is 2.81. The Hall–Kier alpha value is -3.74. The smallest absolute Gasteiger partial charge is 0.262 e. The molecule has 0 atom stereocenters. The van der Waals surface area contributed by atoms with Gasteiger partial charge in [-0.3, -0.25) is 4.79 Å². The molecular formula is C20H17N5O2. The van der Waals surface area contributed by atoms with Crippen molar-refractivity contribution in [1.82, 2.24) is 20.2 Å². The molecule has 0 radical (unpaired) electrons. The zero-order chi connectivity index (χ0) is 18.6. The molecule has 1 heterocycles. The van der Waals surface area contributed by atoms with Gasteiger partial charge in [-0.2, -0.15) is 0 Å². The molecule has 0 aliphatic rings. The second-order valence-corrected chi connectivity index (χ2v) is 6.05. The minimum Gasteiger partial charge on any atom is -0.484 e. The van der Waals surface area contributed by atoms with Gasteiger partial charge in [0, 0.05) is 18.3 Å². The van der Waals surface area contributed by atoms with Crippen LogP contribution in [0.2, 0.25) is 0 Å². The quantitative estimate of drug-likeness (QED) is 0.592. The molecule has 0 spiro atoms. The van der Waals surface area contributed by atoms with Crippen molar-refractivity contribution in [1.29, 1.82) is 0 Å². The van der Waals surface area contributed by atoms with Crippen LogP contribution in [0, 0.1) is 0 Å². The predicted octanol–water partition coefficient (Wildman–Crippen LogP) is 3.05. The lowest BCUT2D eigenvalue weighted by Gasteiger charge is -2.09. The third-order valence-corrected chi connectivity index (χ3v) is 4.12. The molecule has 7 heteroatoms. The summed E-state index contributed by atoms with van der Waals surface area (Å²) in [5, 5.41) is 16.4. The summed E-state index contributed by atoms with van der Waals surface area (Å²) in [7, 11) is 1.76. The zero-order valence-corrected chi connectivity index (χ0v) is 14.7. The van der Waals surface area contributed by atoms with Crippen molar-refractivity contribution in [3.8, 4) is 17.1 Å². The Morgan fingerprint density at radius 1 is 1.04 bits per heavy atom. The summed E-state index contributed by atoms with van der Waals surface area (Å²) in [6, 6.07) is 21.1. The molecule has 1 amide bonds. The van der Waals surface area contributed by atoms with Crippen LogP contribution < -0.4 is 10.1 Å². The summed E-state index contributed by atoms with van der Waals surface area (Å²) < 4.78 is 7.19. The highest BCUT2D eigenvalue weighted by Gasteiger charge is 2.09. The molecule has 7 nitrogen and oxygen atoms in total. The minimum absolute atomic E-state index is 0.0753. The maximum Gasteiger partial charge on any atom is 0.262 e. The molecule has 27 heavy (non-hydrogen) atoms. The highest BCUT2D eigenvalue weighted by atomic mass is 16.5. The molecule has 4 rings (SSSR count). The Morgan fingerprint density at radius 2 is 1.89 bits per heavy atom. The number of carbonyl (C=O) groups excluding carboxylic acids is 1. The molecule has 0 saturated heterocycles. The van der Waals surface area contributed by atoms with E-state index in [0.29, 0.717) is 17.3 Å². The number of tetrazole rings is 1. The SMILES string of the molecule is Cn1nnnc1-c1cccc(NC(=O)COc2ccc3ccccc3c2)c1. The number of benzene rings is 3. The van der Waals surface area contributed by atoms with Gasteiger partial charge in [0.15, 0.2) is 12.4 Å². The summed E-state index contributed by atoms with van der Waals surface area (Å²) >= 11 is 0. The van der Waals surface area contributed by atoms with E-state index in [-0.39, 0.29) is 12.5 Å². The van der Waals surface area contributed by atoms with Gasteiger partial charge in [0.2, 0.25) is 0 Å². The molecule has 0 aliphatic heterocycles. The van der Waals surface area contributed by atoms with Gasteiger partial charge in [-0.05, 0) is 45.5 Å². The number of amides is 1. The minimum atomic E-state index is -0.239. The molecule has 1 aromatic heterocycles. The standard InChI is InChI=1S/C20H17N5O2/c1-25-20(22-23-24-25)16-7-4-8-17(11-16)21-19(26)13-27-18-10-9-14-5-2-3-6-15(14)12-18/h2-12H,13H2,1H3,(H,21,26). The molecule has 1 N–H and O–H groups in total.